The zero-order chi connectivity index (χ0) is 19.5. The van der Waals surface area contributed by atoms with Gasteiger partial charge in [-0.05, 0) is 37.1 Å². The lowest BCUT2D eigenvalue weighted by Crippen LogP contribution is -2.39. The number of pyridine rings is 1. The third-order valence-electron chi connectivity index (χ3n) is 5.34. The van der Waals surface area contributed by atoms with Gasteiger partial charge >= 0.3 is 0 Å². The van der Waals surface area contributed by atoms with E-state index in [1.165, 1.54) is 0 Å². The van der Waals surface area contributed by atoms with Gasteiger partial charge in [-0.2, -0.15) is 0 Å². The van der Waals surface area contributed by atoms with Gasteiger partial charge in [0.1, 0.15) is 11.6 Å². The Labute approximate surface area is 166 Å². The second kappa shape index (κ2) is 7.97. The summed E-state index contributed by atoms with van der Waals surface area (Å²) in [5, 5.41) is 0. The molecule has 0 radical (unpaired) electrons. The minimum absolute atomic E-state index is 0.109. The summed E-state index contributed by atoms with van der Waals surface area (Å²) in [6.07, 6.45) is 5.84. The van der Waals surface area contributed by atoms with E-state index in [1.54, 1.807) is 0 Å². The minimum atomic E-state index is 0.109. The molecule has 1 aliphatic rings. The number of nitrogens with zero attached hydrogens (tertiary/aromatic N) is 4. The Morgan fingerprint density at radius 1 is 1.11 bits per heavy atom. The maximum absolute atomic E-state index is 12.8. The lowest BCUT2D eigenvalue weighted by molar-refractivity contribution is 0.0706. The molecule has 5 nitrogen and oxygen atoms in total. The van der Waals surface area contributed by atoms with Crippen LogP contribution in [0.4, 0.5) is 0 Å². The van der Waals surface area contributed by atoms with Gasteiger partial charge in [0, 0.05) is 48.6 Å². The molecule has 1 fully saturated rings. The van der Waals surface area contributed by atoms with Gasteiger partial charge in [-0.15, -0.1) is 0 Å². The summed E-state index contributed by atoms with van der Waals surface area (Å²) in [5.74, 6) is 2.60. The normalized spacial score (nSPS) is 17.1. The third-order valence-corrected chi connectivity index (χ3v) is 5.34. The SMILES string of the molecule is CC(C)c1nccn1-c1cccc([C@H]2CCCN(C(=O)c3ccccc3)C2)n1. The molecule has 5 heteroatoms. The zero-order valence-corrected chi connectivity index (χ0v) is 16.5. The first-order valence-electron chi connectivity index (χ1n) is 9.98. The first kappa shape index (κ1) is 18.4. The maximum atomic E-state index is 12.8. The highest BCUT2D eigenvalue weighted by molar-refractivity contribution is 5.94. The molecule has 0 saturated carbocycles. The summed E-state index contributed by atoms with van der Waals surface area (Å²) in [6.45, 7) is 5.79. The van der Waals surface area contributed by atoms with Crippen LogP contribution in [0.25, 0.3) is 5.82 Å². The minimum Gasteiger partial charge on any atom is -0.338 e. The second-order valence-corrected chi connectivity index (χ2v) is 7.69. The molecule has 4 rings (SSSR count). The van der Waals surface area contributed by atoms with E-state index in [-0.39, 0.29) is 11.8 Å². The first-order chi connectivity index (χ1) is 13.6. The van der Waals surface area contributed by atoms with Crippen molar-refractivity contribution in [1.29, 1.82) is 0 Å². The van der Waals surface area contributed by atoms with Crippen LogP contribution in [-0.2, 0) is 0 Å². The number of rotatable bonds is 4. The van der Waals surface area contributed by atoms with Gasteiger partial charge in [0.2, 0.25) is 0 Å². The molecule has 28 heavy (non-hydrogen) atoms. The van der Waals surface area contributed by atoms with E-state index in [0.29, 0.717) is 12.5 Å². The van der Waals surface area contributed by atoms with E-state index >= 15 is 0 Å². The number of hydrogen-bond donors (Lipinski definition) is 0. The predicted octanol–water partition coefficient (Wildman–Crippen LogP) is 4.41. The summed E-state index contributed by atoms with van der Waals surface area (Å²) in [4.78, 5) is 24.2. The molecule has 0 unspecified atom stereocenters. The summed E-state index contributed by atoms with van der Waals surface area (Å²) >= 11 is 0. The molecule has 1 aliphatic heterocycles. The molecular weight excluding hydrogens is 348 g/mol. The van der Waals surface area contributed by atoms with Crippen LogP contribution in [-0.4, -0.2) is 38.4 Å². The van der Waals surface area contributed by atoms with Gasteiger partial charge in [0.15, 0.2) is 0 Å². The largest absolute Gasteiger partial charge is 0.338 e. The fourth-order valence-corrected chi connectivity index (χ4v) is 3.90. The average molecular weight is 374 g/mol. The van der Waals surface area contributed by atoms with Crippen molar-refractivity contribution >= 4 is 5.91 Å². The molecule has 1 saturated heterocycles. The van der Waals surface area contributed by atoms with Gasteiger partial charge in [0.05, 0.1) is 0 Å². The zero-order valence-electron chi connectivity index (χ0n) is 16.5. The van der Waals surface area contributed by atoms with Gasteiger partial charge in [-0.25, -0.2) is 9.97 Å². The Morgan fingerprint density at radius 3 is 2.71 bits per heavy atom. The van der Waals surface area contributed by atoms with Crippen LogP contribution in [0.2, 0.25) is 0 Å². The van der Waals surface area contributed by atoms with Gasteiger partial charge < -0.3 is 4.90 Å². The van der Waals surface area contributed by atoms with Crippen molar-refractivity contribution in [2.24, 2.45) is 0 Å². The van der Waals surface area contributed by atoms with E-state index in [2.05, 4.69) is 35.5 Å². The van der Waals surface area contributed by atoms with Crippen molar-refractivity contribution in [2.45, 2.75) is 38.5 Å². The van der Waals surface area contributed by atoms with Crippen LogP contribution in [0.3, 0.4) is 0 Å². The van der Waals surface area contributed by atoms with Crippen LogP contribution in [0.1, 0.15) is 60.4 Å². The predicted molar refractivity (Wildman–Crippen MR) is 110 cm³/mol. The Morgan fingerprint density at radius 2 is 1.93 bits per heavy atom. The molecular formula is C23H26N4O. The van der Waals surface area contributed by atoms with E-state index < -0.39 is 0 Å². The molecule has 1 aromatic carbocycles. The fourth-order valence-electron chi connectivity index (χ4n) is 3.90. The highest BCUT2D eigenvalue weighted by Gasteiger charge is 2.26. The number of carbonyl (C=O) groups excluding carboxylic acids is 1. The number of carbonyl (C=O) groups is 1. The van der Waals surface area contributed by atoms with Crippen LogP contribution < -0.4 is 0 Å². The van der Waals surface area contributed by atoms with Crippen molar-refractivity contribution < 1.29 is 4.79 Å². The van der Waals surface area contributed by atoms with Crippen molar-refractivity contribution in [1.82, 2.24) is 19.4 Å². The Balaban J connectivity index is 1.56. The van der Waals surface area contributed by atoms with Crippen molar-refractivity contribution in [3.8, 4) is 5.82 Å². The standard InChI is InChI=1S/C23H26N4O/c1-17(2)22-24-13-15-27(22)21-12-6-11-20(25-21)19-10-7-14-26(16-19)23(28)18-8-4-3-5-9-18/h3-6,8-9,11-13,15,17,19H,7,10,14,16H2,1-2H3/t19-/m0/s1. The number of hydrogen-bond acceptors (Lipinski definition) is 3. The number of benzene rings is 1. The van der Waals surface area contributed by atoms with E-state index in [0.717, 1.165) is 42.3 Å². The van der Waals surface area contributed by atoms with Crippen molar-refractivity contribution in [2.75, 3.05) is 13.1 Å². The number of piperidine rings is 1. The fraction of sp³-hybridized carbons (Fsp3) is 0.348. The monoisotopic (exact) mass is 374 g/mol. The molecule has 1 amide bonds. The molecule has 1 atom stereocenters. The third kappa shape index (κ3) is 3.70. The van der Waals surface area contributed by atoms with Crippen LogP contribution in [0.15, 0.2) is 60.9 Å². The van der Waals surface area contributed by atoms with Crippen LogP contribution >= 0.6 is 0 Å². The van der Waals surface area contributed by atoms with Gasteiger partial charge in [0.25, 0.3) is 5.91 Å². The maximum Gasteiger partial charge on any atom is 0.253 e. The lowest BCUT2D eigenvalue weighted by Gasteiger charge is -2.32. The molecule has 0 bridgehead atoms. The molecule has 0 aliphatic carbocycles. The van der Waals surface area contributed by atoms with Crippen molar-refractivity contribution in [3.63, 3.8) is 0 Å². The summed E-state index contributed by atoms with van der Waals surface area (Å²) in [6, 6.07) is 15.7. The van der Waals surface area contributed by atoms with Crippen LogP contribution in [0, 0.1) is 0 Å². The van der Waals surface area contributed by atoms with E-state index in [4.69, 9.17) is 4.98 Å². The topological polar surface area (TPSA) is 51.0 Å². The van der Waals surface area contributed by atoms with Gasteiger partial charge in [-0.3, -0.25) is 9.36 Å². The molecule has 3 aromatic rings. The smallest absolute Gasteiger partial charge is 0.253 e. The average Bonchev–Trinajstić information content (AvgIpc) is 3.24. The van der Waals surface area contributed by atoms with Gasteiger partial charge in [-0.1, -0.05) is 38.1 Å². The highest BCUT2D eigenvalue weighted by Crippen LogP contribution is 2.27. The van der Waals surface area contributed by atoms with E-state index in [1.807, 2.05) is 53.7 Å². The number of imidazole rings is 1. The molecule has 144 valence electrons. The Hall–Kier alpha value is -2.95. The summed E-state index contributed by atoms with van der Waals surface area (Å²) in [5.41, 5.74) is 1.80. The summed E-state index contributed by atoms with van der Waals surface area (Å²) < 4.78 is 2.06. The molecule has 0 spiro atoms. The quantitative estimate of drug-likeness (QED) is 0.680. The first-order valence-corrected chi connectivity index (χ1v) is 9.98. The molecule has 0 N–H and O–H groups in total. The lowest BCUT2D eigenvalue weighted by atomic mass is 9.93. The van der Waals surface area contributed by atoms with Crippen LogP contribution in [0.5, 0.6) is 0 Å². The molecule has 2 aromatic heterocycles. The number of likely N-dealkylation sites (tertiary alicyclic amines) is 1. The number of aromatic nitrogens is 3. The second-order valence-electron chi connectivity index (χ2n) is 7.69. The molecule has 3 heterocycles. The van der Waals surface area contributed by atoms with E-state index in [9.17, 15) is 4.79 Å². The van der Waals surface area contributed by atoms with Crippen molar-refractivity contribution in [3.05, 3.63) is 78.0 Å². The summed E-state index contributed by atoms with van der Waals surface area (Å²) in [7, 11) is 0. The highest BCUT2D eigenvalue weighted by atomic mass is 16.2. The Kier molecular flexibility index (Phi) is 5.24. The number of amides is 1. The Bertz CT molecular complexity index is 948.